The van der Waals surface area contributed by atoms with E-state index in [0.717, 1.165) is 31.8 Å². The van der Waals surface area contributed by atoms with E-state index in [4.69, 9.17) is 9.29 Å². The number of carbonyl (C=O) groups is 1. The molecule has 0 aliphatic heterocycles. The first-order valence-corrected chi connectivity index (χ1v) is 7.28. The highest BCUT2D eigenvalue weighted by Gasteiger charge is 2.19. The van der Waals surface area contributed by atoms with Crippen molar-refractivity contribution >= 4 is 16.1 Å². The Morgan fingerprint density at radius 3 is 2.53 bits per heavy atom. The molecule has 0 spiro atoms. The molecule has 0 rings (SSSR count). The summed E-state index contributed by atoms with van der Waals surface area (Å²) in [6.07, 6.45) is 4.43. The second-order valence-corrected chi connectivity index (χ2v) is 5.36. The third kappa shape index (κ3) is 10.0. The van der Waals surface area contributed by atoms with Gasteiger partial charge in [-0.3, -0.25) is 4.55 Å². The van der Waals surface area contributed by atoms with Crippen LogP contribution >= 0.6 is 0 Å². The topological polar surface area (TPSA) is 80.7 Å². The van der Waals surface area contributed by atoms with Gasteiger partial charge in [-0.05, 0) is 12.8 Å². The van der Waals surface area contributed by atoms with Gasteiger partial charge in [-0.2, -0.15) is 8.42 Å². The van der Waals surface area contributed by atoms with Crippen LogP contribution in [0.5, 0.6) is 0 Å². The molecule has 0 fully saturated rings. The zero-order chi connectivity index (χ0) is 13.3. The Kier molecular flexibility index (Phi) is 7.82. The van der Waals surface area contributed by atoms with Gasteiger partial charge < -0.3 is 4.74 Å². The molecule has 0 aromatic rings. The van der Waals surface area contributed by atoms with E-state index < -0.39 is 27.9 Å². The Morgan fingerprint density at radius 2 is 2.06 bits per heavy atom. The van der Waals surface area contributed by atoms with Crippen molar-refractivity contribution in [1.29, 1.82) is 0 Å². The van der Waals surface area contributed by atoms with E-state index in [2.05, 4.69) is 13.5 Å². The highest BCUT2D eigenvalue weighted by atomic mass is 32.2. The van der Waals surface area contributed by atoms with Gasteiger partial charge >= 0.3 is 5.97 Å². The molecular weight excluding hydrogens is 244 g/mol. The molecular formula is C11H20O5S. The van der Waals surface area contributed by atoms with Crippen molar-refractivity contribution in [1.82, 2.24) is 0 Å². The molecule has 1 N–H and O–H groups in total. The molecule has 1 unspecified atom stereocenters. The molecule has 0 saturated carbocycles. The predicted molar refractivity (Wildman–Crippen MR) is 65.3 cm³/mol. The normalized spacial score (nSPS) is 13.1. The van der Waals surface area contributed by atoms with Crippen LogP contribution in [0.2, 0.25) is 0 Å². The minimum atomic E-state index is -4.13. The molecule has 6 heteroatoms. The molecule has 0 aromatic carbocycles. The van der Waals surface area contributed by atoms with Gasteiger partial charge in [0.05, 0.1) is 0 Å². The van der Waals surface area contributed by atoms with Crippen molar-refractivity contribution in [3.05, 3.63) is 12.7 Å². The summed E-state index contributed by atoms with van der Waals surface area (Å²) in [6, 6.07) is 0. The molecule has 100 valence electrons. The van der Waals surface area contributed by atoms with Gasteiger partial charge in [-0.15, -0.1) is 0 Å². The predicted octanol–water partition coefficient (Wildman–Crippen LogP) is 1.94. The fourth-order valence-corrected chi connectivity index (χ4v) is 2.13. The monoisotopic (exact) mass is 264 g/mol. The molecule has 5 nitrogen and oxygen atoms in total. The van der Waals surface area contributed by atoms with E-state index in [1.807, 2.05) is 0 Å². The molecule has 0 bridgehead atoms. The van der Waals surface area contributed by atoms with Crippen LogP contribution in [0, 0.1) is 0 Å². The Morgan fingerprint density at radius 1 is 1.41 bits per heavy atom. The lowest BCUT2D eigenvalue weighted by Crippen LogP contribution is -2.26. The van der Waals surface area contributed by atoms with Crippen molar-refractivity contribution in [2.45, 2.75) is 45.1 Å². The number of esters is 1. The van der Waals surface area contributed by atoms with E-state index in [0.29, 0.717) is 6.42 Å². The van der Waals surface area contributed by atoms with Crippen LogP contribution < -0.4 is 0 Å². The minimum Gasteiger partial charge on any atom is -0.458 e. The molecule has 0 heterocycles. The van der Waals surface area contributed by atoms with Crippen LogP contribution in [0.1, 0.15) is 39.0 Å². The quantitative estimate of drug-likeness (QED) is 0.298. The summed E-state index contributed by atoms with van der Waals surface area (Å²) in [5.74, 6) is -1.23. The average molecular weight is 264 g/mol. The number of hydrogen-bond donors (Lipinski definition) is 1. The van der Waals surface area contributed by atoms with Crippen molar-refractivity contribution in [2.75, 3.05) is 5.75 Å². The Balaban J connectivity index is 4.20. The summed E-state index contributed by atoms with van der Waals surface area (Å²) in [5, 5.41) is 0. The summed E-state index contributed by atoms with van der Waals surface area (Å²) in [6.45, 7) is 5.30. The van der Waals surface area contributed by atoms with E-state index in [-0.39, 0.29) is 0 Å². The van der Waals surface area contributed by atoms with Gasteiger partial charge in [0, 0.05) is 6.08 Å². The van der Waals surface area contributed by atoms with Crippen molar-refractivity contribution in [2.24, 2.45) is 0 Å². The van der Waals surface area contributed by atoms with Crippen LogP contribution in [0.25, 0.3) is 0 Å². The number of ether oxygens (including phenoxy) is 1. The first-order valence-electron chi connectivity index (χ1n) is 5.67. The van der Waals surface area contributed by atoms with Crippen LogP contribution in [0.4, 0.5) is 0 Å². The van der Waals surface area contributed by atoms with Gasteiger partial charge in [0.2, 0.25) is 0 Å². The fraction of sp³-hybridized carbons (Fsp3) is 0.727. The van der Waals surface area contributed by atoms with Gasteiger partial charge in [0.25, 0.3) is 10.1 Å². The molecule has 0 amide bonds. The lowest BCUT2D eigenvalue weighted by Gasteiger charge is -2.15. The maximum absolute atomic E-state index is 11.0. The lowest BCUT2D eigenvalue weighted by molar-refractivity contribution is -0.142. The number of unbranched alkanes of at least 4 members (excludes halogenated alkanes) is 3. The first-order chi connectivity index (χ1) is 7.89. The van der Waals surface area contributed by atoms with Gasteiger partial charge in [0.15, 0.2) is 0 Å². The second-order valence-electron chi connectivity index (χ2n) is 3.86. The van der Waals surface area contributed by atoms with Gasteiger partial charge in [-0.25, -0.2) is 4.79 Å². The van der Waals surface area contributed by atoms with Crippen molar-refractivity contribution < 1.29 is 22.5 Å². The molecule has 0 aliphatic rings. The highest BCUT2D eigenvalue weighted by Crippen LogP contribution is 2.10. The summed E-state index contributed by atoms with van der Waals surface area (Å²) >= 11 is 0. The van der Waals surface area contributed by atoms with Crippen LogP contribution in [-0.2, 0) is 19.6 Å². The third-order valence-electron chi connectivity index (χ3n) is 2.23. The van der Waals surface area contributed by atoms with Crippen LogP contribution in [-0.4, -0.2) is 30.8 Å². The zero-order valence-electron chi connectivity index (χ0n) is 10.1. The lowest BCUT2D eigenvalue weighted by atomic mass is 10.1. The fourth-order valence-electron chi connectivity index (χ4n) is 1.42. The first kappa shape index (κ1) is 16.1. The van der Waals surface area contributed by atoms with E-state index in [1.54, 1.807) is 0 Å². The average Bonchev–Trinajstić information content (AvgIpc) is 2.21. The molecule has 0 saturated heterocycles. The van der Waals surface area contributed by atoms with Gasteiger partial charge in [-0.1, -0.05) is 32.8 Å². The Bertz CT molecular complexity index is 334. The van der Waals surface area contributed by atoms with E-state index >= 15 is 0 Å². The summed E-state index contributed by atoms with van der Waals surface area (Å²) < 4.78 is 35.1. The number of carbonyl (C=O) groups excluding carboxylic acids is 1. The molecule has 0 aliphatic carbocycles. The number of rotatable bonds is 9. The summed E-state index contributed by atoms with van der Waals surface area (Å²) in [4.78, 5) is 11.0. The third-order valence-corrected chi connectivity index (χ3v) is 3.02. The summed E-state index contributed by atoms with van der Waals surface area (Å²) in [5.41, 5.74) is 0. The molecule has 0 radical (unpaired) electrons. The van der Waals surface area contributed by atoms with E-state index in [1.165, 1.54) is 0 Å². The number of hydrogen-bond acceptors (Lipinski definition) is 4. The van der Waals surface area contributed by atoms with Crippen molar-refractivity contribution in [3.8, 4) is 0 Å². The Labute approximate surface area is 103 Å². The second kappa shape index (κ2) is 8.25. The molecule has 17 heavy (non-hydrogen) atoms. The van der Waals surface area contributed by atoms with E-state index in [9.17, 15) is 13.2 Å². The SMILES string of the molecule is C=CC(=O)OC(CCCCCC)CS(=O)(=O)O. The molecule has 0 aromatic heterocycles. The maximum atomic E-state index is 11.0. The van der Waals surface area contributed by atoms with Crippen LogP contribution in [0.15, 0.2) is 12.7 Å². The Hall–Kier alpha value is -0.880. The highest BCUT2D eigenvalue weighted by molar-refractivity contribution is 7.85. The standard InChI is InChI=1S/C11H20O5S/c1-3-5-6-7-8-10(9-17(13,14)15)16-11(12)4-2/h4,10H,2-3,5-9H2,1H3,(H,13,14,15). The zero-order valence-corrected chi connectivity index (χ0v) is 10.9. The van der Waals surface area contributed by atoms with Crippen LogP contribution in [0.3, 0.4) is 0 Å². The minimum absolute atomic E-state index is 0.430. The smallest absolute Gasteiger partial charge is 0.330 e. The van der Waals surface area contributed by atoms with Gasteiger partial charge in [0.1, 0.15) is 11.9 Å². The summed E-state index contributed by atoms with van der Waals surface area (Å²) in [7, 11) is -4.13. The van der Waals surface area contributed by atoms with Crippen molar-refractivity contribution in [3.63, 3.8) is 0 Å². The maximum Gasteiger partial charge on any atom is 0.330 e. The molecule has 1 atom stereocenters. The largest absolute Gasteiger partial charge is 0.458 e.